The van der Waals surface area contributed by atoms with Crippen molar-refractivity contribution in [3.8, 4) is 0 Å². The fraction of sp³-hybridized carbons (Fsp3) is 0.158. The molecule has 0 fully saturated rings. The second-order valence-electron chi connectivity index (χ2n) is 5.81. The Morgan fingerprint density at radius 1 is 1.12 bits per heavy atom. The summed E-state index contributed by atoms with van der Waals surface area (Å²) in [4.78, 5) is 27.4. The summed E-state index contributed by atoms with van der Waals surface area (Å²) in [6.07, 6.45) is 2.30. The molecule has 1 unspecified atom stereocenters. The SMILES string of the molecule is CC(=O)NC(Cc1c[nH]c2ccccc12)C(=O)Nc1ccc(I)cc1. The lowest BCUT2D eigenvalue weighted by Gasteiger charge is -2.17. The summed E-state index contributed by atoms with van der Waals surface area (Å²) in [6, 6.07) is 14.8. The van der Waals surface area contributed by atoms with Gasteiger partial charge in [0.05, 0.1) is 0 Å². The van der Waals surface area contributed by atoms with Crippen molar-refractivity contribution in [2.24, 2.45) is 0 Å². The van der Waals surface area contributed by atoms with Gasteiger partial charge in [-0.2, -0.15) is 0 Å². The van der Waals surface area contributed by atoms with Crippen LogP contribution in [-0.2, 0) is 16.0 Å². The topological polar surface area (TPSA) is 74.0 Å². The van der Waals surface area contributed by atoms with Crippen LogP contribution < -0.4 is 10.6 Å². The number of amides is 2. The zero-order chi connectivity index (χ0) is 17.8. The Kier molecular flexibility index (Phi) is 5.37. The summed E-state index contributed by atoms with van der Waals surface area (Å²) in [5.41, 5.74) is 2.71. The molecular formula is C19H18IN3O2. The van der Waals surface area contributed by atoms with E-state index >= 15 is 0 Å². The molecular weight excluding hydrogens is 429 g/mol. The van der Waals surface area contributed by atoms with Gasteiger partial charge in [-0.25, -0.2) is 0 Å². The first-order chi connectivity index (χ1) is 12.0. The summed E-state index contributed by atoms with van der Waals surface area (Å²) < 4.78 is 1.09. The van der Waals surface area contributed by atoms with Crippen LogP contribution in [0.15, 0.2) is 54.7 Å². The number of benzene rings is 2. The molecule has 0 bridgehead atoms. The third-order valence-corrected chi connectivity index (χ3v) is 4.62. The number of halogens is 1. The van der Waals surface area contributed by atoms with Gasteiger partial charge in [-0.1, -0.05) is 18.2 Å². The number of fused-ring (bicyclic) bond motifs is 1. The smallest absolute Gasteiger partial charge is 0.247 e. The number of hydrogen-bond acceptors (Lipinski definition) is 2. The highest BCUT2D eigenvalue weighted by Gasteiger charge is 2.21. The number of nitrogens with one attached hydrogen (secondary N) is 3. The second kappa shape index (κ2) is 7.69. The number of rotatable bonds is 5. The molecule has 6 heteroatoms. The minimum atomic E-state index is -0.643. The Morgan fingerprint density at radius 2 is 1.84 bits per heavy atom. The van der Waals surface area contributed by atoms with Gasteiger partial charge >= 0.3 is 0 Å². The van der Waals surface area contributed by atoms with Crippen molar-refractivity contribution >= 4 is 51.0 Å². The molecule has 2 amide bonds. The molecule has 5 nitrogen and oxygen atoms in total. The highest BCUT2D eigenvalue weighted by molar-refractivity contribution is 14.1. The lowest BCUT2D eigenvalue weighted by molar-refractivity contribution is -0.125. The molecule has 0 aliphatic heterocycles. The Labute approximate surface area is 159 Å². The first kappa shape index (κ1) is 17.5. The molecule has 0 radical (unpaired) electrons. The molecule has 3 N–H and O–H groups in total. The average molecular weight is 447 g/mol. The quantitative estimate of drug-likeness (QED) is 0.525. The Bertz CT molecular complexity index is 902. The number of carbonyl (C=O) groups is 2. The van der Waals surface area contributed by atoms with Crippen LogP contribution in [0.3, 0.4) is 0 Å². The van der Waals surface area contributed by atoms with Crippen molar-refractivity contribution in [1.29, 1.82) is 0 Å². The standard InChI is InChI=1S/C19H18IN3O2/c1-12(24)22-18(19(25)23-15-8-6-14(20)7-9-15)10-13-11-21-17-5-3-2-4-16(13)17/h2-9,11,18,21H,10H2,1H3,(H,22,24)(H,23,25). The van der Waals surface area contributed by atoms with Crippen LogP contribution in [-0.4, -0.2) is 22.8 Å². The maximum absolute atomic E-state index is 12.7. The van der Waals surface area contributed by atoms with E-state index in [0.29, 0.717) is 12.1 Å². The average Bonchev–Trinajstić information content (AvgIpc) is 2.99. The van der Waals surface area contributed by atoms with E-state index in [0.717, 1.165) is 20.0 Å². The van der Waals surface area contributed by atoms with Crippen LogP contribution in [0, 0.1) is 3.57 Å². The van der Waals surface area contributed by atoms with Crippen LogP contribution in [0.2, 0.25) is 0 Å². The zero-order valence-corrected chi connectivity index (χ0v) is 15.8. The lowest BCUT2D eigenvalue weighted by atomic mass is 10.0. The van der Waals surface area contributed by atoms with Gasteiger partial charge in [0, 0.05) is 39.7 Å². The maximum atomic E-state index is 12.7. The van der Waals surface area contributed by atoms with Crippen molar-refractivity contribution in [2.75, 3.05) is 5.32 Å². The number of H-pyrrole nitrogens is 1. The molecule has 0 aliphatic rings. The normalized spacial score (nSPS) is 11.9. The molecule has 2 aromatic carbocycles. The number of carbonyl (C=O) groups excluding carboxylic acids is 2. The van der Waals surface area contributed by atoms with Crippen molar-refractivity contribution < 1.29 is 9.59 Å². The van der Waals surface area contributed by atoms with Crippen LogP contribution in [0.5, 0.6) is 0 Å². The van der Waals surface area contributed by atoms with Gasteiger partial charge in [0.1, 0.15) is 6.04 Å². The third kappa shape index (κ3) is 4.39. The van der Waals surface area contributed by atoms with Gasteiger partial charge < -0.3 is 15.6 Å². The van der Waals surface area contributed by atoms with Gasteiger partial charge in [-0.15, -0.1) is 0 Å². The summed E-state index contributed by atoms with van der Waals surface area (Å²) in [5, 5.41) is 6.67. The monoisotopic (exact) mass is 447 g/mol. The molecule has 1 heterocycles. The van der Waals surface area contributed by atoms with Crippen LogP contribution in [0.4, 0.5) is 5.69 Å². The molecule has 1 atom stereocenters. The van der Waals surface area contributed by atoms with Gasteiger partial charge in [-0.05, 0) is 58.5 Å². The second-order valence-corrected chi connectivity index (χ2v) is 7.06. The largest absolute Gasteiger partial charge is 0.361 e. The number of hydrogen-bond donors (Lipinski definition) is 3. The summed E-state index contributed by atoms with van der Waals surface area (Å²) in [7, 11) is 0. The van der Waals surface area contributed by atoms with Crippen LogP contribution in [0.25, 0.3) is 10.9 Å². The first-order valence-electron chi connectivity index (χ1n) is 7.91. The predicted molar refractivity (Wildman–Crippen MR) is 107 cm³/mol. The Morgan fingerprint density at radius 3 is 2.56 bits per heavy atom. The summed E-state index contributed by atoms with van der Waals surface area (Å²) in [6.45, 7) is 1.42. The number of para-hydroxylation sites is 1. The highest BCUT2D eigenvalue weighted by atomic mass is 127. The van der Waals surface area contributed by atoms with E-state index in [9.17, 15) is 9.59 Å². The molecule has 0 saturated carbocycles. The molecule has 0 saturated heterocycles. The summed E-state index contributed by atoms with van der Waals surface area (Å²) >= 11 is 2.21. The fourth-order valence-corrected chi connectivity index (χ4v) is 3.10. The fourth-order valence-electron chi connectivity index (χ4n) is 2.74. The molecule has 0 aliphatic carbocycles. The molecule has 25 heavy (non-hydrogen) atoms. The Hall–Kier alpha value is -2.35. The third-order valence-electron chi connectivity index (χ3n) is 3.90. The van der Waals surface area contributed by atoms with Crippen molar-refractivity contribution in [3.05, 3.63) is 63.9 Å². The van der Waals surface area contributed by atoms with Gasteiger partial charge in [0.15, 0.2) is 0 Å². The van der Waals surface area contributed by atoms with Gasteiger partial charge in [0.25, 0.3) is 0 Å². The van der Waals surface area contributed by atoms with Crippen molar-refractivity contribution in [3.63, 3.8) is 0 Å². The molecule has 1 aromatic heterocycles. The number of aromatic amines is 1. The minimum Gasteiger partial charge on any atom is -0.361 e. The minimum absolute atomic E-state index is 0.234. The van der Waals surface area contributed by atoms with E-state index in [1.807, 2.05) is 54.7 Å². The lowest BCUT2D eigenvalue weighted by Crippen LogP contribution is -2.44. The van der Waals surface area contributed by atoms with E-state index in [-0.39, 0.29) is 11.8 Å². The molecule has 0 spiro atoms. The van der Waals surface area contributed by atoms with Crippen molar-refractivity contribution in [2.45, 2.75) is 19.4 Å². The first-order valence-corrected chi connectivity index (χ1v) is 8.99. The molecule has 128 valence electrons. The Balaban J connectivity index is 1.80. The van der Waals surface area contributed by atoms with E-state index in [2.05, 4.69) is 38.2 Å². The molecule has 3 aromatic rings. The van der Waals surface area contributed by atoms with Crippen LogP contribution in [0.1, 0.15) is 12.5 Å². The zero-order valence-electron chi connectivity index (χ0n) is 13.7. The van der Waals surface area contributed by atoms with Gasteiger partial charge in [-0.3, -0.25) is 9.59 Å². The number of aromatic nitrogens is 1. The van der Waals surface area contributed by atoms with E-state index in [4.69, 9.17) is 0 Å². The van der Waals surface area contributed by atoms with Crippen molar-refractivity contribution in [1.82, 2.24) is 10.3 Å². The van der Waals surface area contributed by atoms with E-state index < -0.39 is 6.04 Å². The van der Waals surface area contributed by atoms with Gasteiger partial charge in [0.2, 0.25) is 11.8 Å². The van der Waals surface area contributed by atoms with E-state index in [1.54, 1.807) is 0 Å². The van der Waals surface area contributed by atoms with E-state index in [1.165, 1.54) is 6.92 Å². The molecule has 3 rings (SSSR count). The van der Waals surface area contributed by atoms with Crippen LogP contribution >= 0.6 is 22.6 Å². The summed E-state index contributed by atoms with van der Waals surface area (Å²) in [5.74, 6) is -0.468. The highest BCUT2D eigenvalue weighted by Crippen LogP contribution is 2.20. The predicted octanol–water partition coefficient (Wildman–Crippen LogP) is 3.46. The number of anilines is 1. The maximum Gasteiger partial charge on any atom is 0.247 e.